The minimum absolute atomic E-state index is 0.258. The number of methoxy groups -OCH3 is 1. The Kier molecular flexibility index (Phi) is 3.23. The highest BCUT2D eigenvalue weighted by Crippen LogP contribution is 2.55. The number of fused-ring (bicyclic) bond motifs is 3. The second-order valence-electron chi connectivity index (χ2n) is 5.80. The van der Waals surface area contributed by atoms with Gasteiger partial charge in [-0.3, -0.25) is 10.1 Å². The van der Waals surface area contributed by atoms with Gasteiger partial charge in [0.15, 0.2) is 11.5 Å². The minimum atomic E-state index is -1.65. The highest BCUT2D eigenvalue weighted by Gasteiger charge is 2.66. The first-order valence-corrected chi connectivity index (χ1v) is 7.60. The van der Waals surface area contributed by atoms with E-state index in [-0.39, 0.29) is 11.5 Å². The smallest absolute Gasteiger partial charge is 0.378 e. The van der Waals surface area contributed by atoms with Crippen molar-refractivity contribution in [1.82, 2.24) is 0 Å². The van der Waals surface area contributed by atoms with Crippen LogP contribution in [0, 0.1) is 10.1 Å². The van der Waals surface area contributed by atoms with Crippen LogP contribution in [0.3, 0.4) is 0 Å². The molecule has 0 saturated heterocycles. The van der Waals surface area contributed by atoms with Crippen LogP contribution in [0.4, 0.5) is 0 Å². The van der Waals surface area contributed by atoms with E-state index in [4.69, 9.17) is 9.47 Å². The summed E-state index contributed by atoms with van der Waals surface area (Å²) < 4.78 is 11.5. The molecule has 0 amide bonds. The van der Waals surface area contributed by atoms with Gasteiger partial charge in [-0.1, -0.05) is 42.5 Å². The summed E-state index contributed by atoms with van der Waals surface area (Å²) >= 11 is 0. The summed E-state index contributed by atoms with van der Waals surface area (Å²) in [6, 6.07) is 14.5. The number of benzene rings is 2. The molecule has 0 spiro atoms. The number of para-hydroxylation sites is 1. The SMILES string of the molecule is COc1cccc2c1O[C@@H](c1ccccc1)[C@]1([N+](=O)[O-])N=NC[C@H]21. The van der Waals surface area contributed by atoms with Crippen molar-refractivity contribution in [2.24, 2.45) is 10.2 Å². The summed E-state index contributed by atoms with van der Waals surface area (Å²) in [7, 11) is 1.55. The van der Waals surface area contributed by atoms with Crippen LogP contribution >= 0.6 is 0 Å². The first kappa shape index (κ1) is 14.6. The lowest BCUT2D eigenvalue weighted by Gasteiger charge is -2.37. The molecule has 2 aromatic carbocycles. The zero-order valence-corrected chi connectivity index (χ0v) is 13.0. The molecular weight excluding hydrogens is 310 g/mol. The lowest BCUT2D eigenvalue weighted by atomic mass is 9.78. The molecule has 0 radical (unpaired) electrons. The maximum absolute atomic E-state index is 12.0. The molecule has 2 aromatic rings. The zero-order valence-electron chi connectivity index (χ0n) is 13.0. The maximum Gasteiger partial charge on any atom is 0.378 e. The van der Waals surface area contributed by atoms with Gasteiger partial charge in [0.1, 0.15) is 5.92 Å². The molecule has 0 fully saturated rings. The number of hydrogen-bond donors (Lipinski definition) is 0. The third-order valence-corrected chi connectivity index (χ3v) is 4.63. The van der Waals surface area contributed by atoms with Crippen LogP contribution in [0.1, 0.15) is 23.1 Å². The fraction of sp³-hybridized carbons (Fsp3) is 0.294. The van der Waals surface area contributed by atoms with Crippen molar-refractivity contribution in [3.05, 3.63) is 69.8 Å². The van der Waals surface area contributed by atoms with Gasteiger partial charge in [0.25, 0.3) is 0 Å². The van der Waals surface area contributed by atoms with E-state index in [1.807, 2.05) is 24.3 Å². The van der Waals surface area contributed by atoms with Crippen LogP contribution < -0.4 is 9.47 Å². The third-order valence-electron chi connectivity index (χ3n) is 4.63. The zero-order chi connectivity index (χ0) is 16.7. The van der Waals surface area contributed by atoms with Crippen molar-refractivity contribution in [2.75, 3.05) is 13.7 Å². The average molecular weight is 325 g/mol. The average Bonchev–Trinajstić information content (AvgIpc) is 3.08. The lowest BCUT2D eigenvalue weighted by Crippen LogP contribution is -2.51. The topological polar surface area (TPSA) is 86.3 Å². The summed E-state index contributed by atoms with van der Waals surface area (Å²) in [6.07, 6.45) is -0.867. The van der Waals surface area contributed by atoms with Gasteiger partial charge in [0.05, 0.1) is 18.6 Å². The first-order valence-electron chi connectivity index (χ1n) is 7.60. The van der Waals surface area contributed by atoms with Crippen molar-refractivity contribution < 1.29 is 14.4 Å². The van der Waals surface area contributed by atoms with E-state index >= 15 is 0 Å². The second-order valence-corrected chi connectivity index (χ2v) is 5.80. The molecule has 0 N–H and O–H groups in total. The Morgan fingerprint density at radius 3 is 2.75 bits per heavy atom. The number of azo groups is 1. The Bertz CT molecular complexity index is 824. The van der Waals surface area contributed by atoms with Gasteiger partial charge in [-0.25, -0.2) is 0 Å². The number of nitrogens with zero attached hydrogens (tertiary/aromatic N) is 3. The molecule has 3 atom stereocenters. The van der Waals surface area contributed by atoms with Gasteiger partial charge in [-0.15, -0.1) is 5.11 Å². The standard InChI is InChI=1S/C17H15N3O4/c1-23-14-9-5-8-12-13-10-18-19-17(13,20(21)22)16(24-15(12)14)11-6-3-2-4-7-11/h2-9,13,16H,10H2,1H3/t13-,16+,17+/m1/s1. The van der Waals surface area contributed by atoms with Crippen molar-refractivity contribution in [3.8, 4) is 11.5 Å². The number of rotatable bonds is 3. The van der Waals surface area contributed by atoms with Crippen molar-refractivity contribution in [1.29, 1.82) is 0 Å². The van der Waals surface area contributed by atoms with Crippen LogP contribution in [0.15, 0.2) is 58.8 Å². The molecule has 122 valence electrons. The van der Waals surface area contributed by atoms with E-state index < -0.39 is 17.7 Å². The van der Waals surface area contributed by atoms with Crippen LogP contribution in [0.25, 0.3) is 0 Å². The Morgan fingerprint density at radius 1 is 1.25 bits per heavy atom. The summed E-state index contributed by atoms with van der Waals surface area (Å²) in [5.41, 5.74) is -0.249. The monoisotopic (exact) mass is 325 g/mol. The summed E-state index contributed by atoms with van der Waals surface area (Å²) in [4.78, 5) is 11.7. The molecule has 0 bridgehead atoms. The quantitative estimate of drug-likeness (QED) is 0.639. The van der Waals surface area contributed by atoms with Gasteiger partial charge >= 0.3 is 5.66 Å². The molecule has 24 heavy (non-hydrogen) atoms. The molecule has 0 aliphatic carbocycles. The molecule has 2 aliphatic heterocycles. The molecule has 2 heterocycles. The maximum atomic E-state index is 12.0. The number of hydrogen-bond acceptors (Lipinski definition) is 6. The lowest BCUT2D eigenvalue weighted by molar-refractivity contribution is -0.586. The van der Waals surface area contributed by atoms with Crippen LogP contribution in [-0.4, -0.2) is 24.2 Å². The Morgan fingerprint density at radius 2 is 2.04 bits per heavy atom. The Balaban J connectivity index is 1.96. The largest absolute Gasteiger partial charge is 0.493 e. The van der Waals surface area contributed by atoms with Gasteiger partial charge in [-0.05, 0) is 6.07 Å². The summed E-state index contributed by atoms with van der Waals surface area (Å²) in [6.45, 7) is 0.258. The van der Waals surface area contributed by atoms with Crippen LogP contribution in [-0.2, 0) is 0 Å². The highest BCUT2D eigenvalue weighted by atomic mass is 16.6. The van der Waals surface area contributed by atoms with Crippen molar-refractivity contribution in [3.63, 3.8) is 0 Å². The van der Waals surface area contributed by atoms with E-state index in [0.717, 1.165) is 0 Å². The highest BCUT2D eigenvalue weighted by molar-refractivity contribution is 5.52. The molecule has 0 unspecified atom stereocenters. The Hall–Kier alpha value is -2.96. The van der Waals surface area contributed by atoms with Crippen LogP contribution in [0.5, 0.6) is 11.5 Å². The van der Waals surface area contributed by atoms with E-state index in [9.17, 15) is 10.1 Å². The van der Waals surface area contributed by atoms with E-state index in [0.29, 0.717) is 22.6 Å². The Labute approximate surface area is 138 Å². The molecule has 2 aliphatic rings. The molecule has 0 saturated carbocycles. The number of ether oxygens (including phenoxy) is 2. The molecule has 4 rings (SSSR count). The molecule has 0 aromatic heterocycles. The van der Waals surface area contributed by atoms with Gasteiger partial charge in [0.2, 0.25) is 6.10 Å². The predicted octanol–water partition coefficient (Wildman–Crippen LogP) is 3.35. The first-order chi connectivity index (χ1) is 11.7. The van der Waals surface area contributed by atoms with Gasteiger partial charge in [0, 0.05) is 11.1 Å². The predicted molar refractivity (Wildman–Crippen MR) is 85.0 cm³/mol. The van der Waals surface area contributed by atoms with Crippen molar-refractivity contribution in [2.45, 2.75) is 17.7 Å². The normalized spacial score (nSPS) is 27.0. The minimum Gasteiger partial charge on any atom is -0.493 e. The van der Waals surface area contributed by atoms with E-state index in [2.05, 4.69) is 10.2 Å². The summed E-state index contributed by atoms with van der Waals surface area (Å²) in [5, 5.41) is 20.1. The fourth-order valence-electron chi connectivity index (χ4n) is 3.50. The fourth-order valence-corrected chi connectivity index (χ4v) is 3.50. The molecular formula is C17H15N3O4. The van der Waals surface area contributed by atoms with E-state index in [1.165, 1.54) is 0 Å². The third kappa shape index (κ3) is 1.84. The summed E-state index contributed by atoms with van der Waals surface area (Å²) in [5.74, 6) is 0.595. The second kappa shape index (κ2) is 5.30. The molecule has 7 heteroatoms. The van der Waals surface area contributed by atoms with Crippen LogP contribution in [0.2, 0.25) is 0 Å². The molecule has 7 nitrogen and oxygen atoms in total. The van der Waals surface area contributed by atoms with Gasteiger partial charge in [-0.2, -0.15) is 5.11 Å². The van der Waals surface area contributed by atoms with Crippen molar-refractivity contribution >= 4 is 0 Å². The van der Waals surface area contributed by atoms with Gasteiger partial charge < -0.3 is 9.47 Å². The van der Waals surface area contributed by atoms with E-state index in [1.54, 1.807) is 31.4 Å². The number of nitro groups is 1.